The summed E-state index contributed by atoms with van der Waals surface area (Å²) >= 11 is 0. The molecule has 0 fully saturated rings. The van der Waals surface area contributed by atoms with Crippen LogP contribution in [0.15, 0.2) is 53.3 Å². The SMILES string of the molecule is COc1cc(C=O)ccc1OCC(=O)Nc1c(C)n(C)n(-c2ccccc2)c1=O. The summed E-state index contributed by atoms with van der Waals surface area (Å²) in [5.41, 5.74) is 1.59. The number of aromatic nitrogens is 2. The predicted octanol–water partition coefficient (Wildman–Crippen LogP) is 2.32. The molecule has 1 aromatic heterocycles. The second-order valence-electron chi connectivity index (χ2n) is 6.30. The summed E-state index contributed by atoms with van der Waals surface area (Å²) in [6, 6.07) is 13.8. The first-order chi connectivity index (χ1) is 14.0. The van der Waals surface area contributed by atoms with E-state index >= 15 is 0 Å². The molecule has 3 rings (SSSR count). The monoisotopic (exact) mass is 395 g/mol. The van der Waals surface area contributed by atoms with Crippen molar-refractivity contribution in [2.45, 2.75) is 6.92 Å². The molecule has 1 N–H and O–H groups in total. The lowest BCUT2D eigenvalue weighted by Gasteiger charge is -2.11. The van der Waals surface area contributed by atoms with Crippen LogP contribution in [0.3, 0.4) is 0 Å². The lowest BCUT2D eigenvalue weighted by Crippen LogP contribution is -2.25. The standard InChI is InChI=1S/C21H21N3O5/c1-14-20(21(27)24(23(14)2)16-7-5-4-6-8-16)22-19(26)13-29-17-10-9-15(12-25)11-18(17)28-3/h4-12H,13H2,1-3H3,(H,22,26). The Morgan fingerprint density at radius 1 is 1.14 bits per heavy atom. The number of methoxy groups -OCH3 is 1. The normalized spacial score (nSPS) is 10.4. The first-order valence-corrected chi connectivity index (χ1v) is 8.86. The third-order valence-electron chi connectivity index (χ3n) is 4.50. The number of ether oxygens (including phenoxy) is 2. The number of aldehydes is 1. The Bertz CT molecular complexity index is 1100. The minimum atomic E-state index is -0.488. The Balaban J connectivity index is 1.77. The summed E-state index contributed by atoms with van der Waals surface area (Å²) in [4.78, 5) is 36.1. The molecule has 29 heavy (non-hydrogen) atoms. The van der Waals surface area contributed by atoms with Crippen LogP contribution in [0.2, 0.25) is 0 Å². The van der Waals surface area contributed by atoms with Crippen molar-refractivity contribution in [3.63, 3.8) is 0 Å². The molecule has 0 spiro atoms. The molecule has 0 aliphatic carbocycles. The van der Waals surface area contributed by atoms with Gasteiger partial charge in [-0.25, -0.2) is 4.68 Å². The summed E-state index contributed by atoms with van der Waals surface area (Å²) in [5.74, 6) is 0.169. The van der Waals surface area contributed by atoms with Gasteiger partial charge in [0.25, 0.3) is 11.5 Å². The zero-order chi connectivity index (χ0) is 21.0. The van der Waals surface area contributed by atoms with E-state index in [2.05, 4.69) is 5.32 Å². The average molecular weight is 395 g/mol. The van der Waals surface area contributed by atoms with E-state index < -0.39 is 5.91 Å². The van der Waals surface area contributed by atoms with Crippen molar-refractivity contribution < 1.29 is 19.1 Å². The molecule has 2 aromatic carbocycles. The summed E-state index contributed by atoms with van der Waals surface area (Å²) in [5, 5.41) is 2.62. The van der Waals surface area contributed by atoms with Gasteiger partial charge >= 0.3 is 0 Å². The quantitative estimate of drug-likeness (QED) is 0.620. The van der Waals surface area contributed by atoms with Gasteiger partial charge in [-0.2, -0.15) is 0 Å². The fourth-order valence-corrected chi connectivity index (χ4v) is 2.91. The highest BCUT2D eigenvalue weighted by Crippen LogP contribution is 2.27. The molecule has 0 atom stereocenters. The van der Waals surface area contributed by atoms with Crippen LogP contribution in [0.25, 0.3) is 5.69 Å². The minimum absolute atomic E-state index is 0.188. The van der Waals surface area contributed by atoms with Gasteiger partial charge in [0.05, 0.1) is 18.5 Å². The van der Waals surface area contributed by atoms with Crippen LogP contribution in [0.5, 0.6) is 11.5 Å². The first-order valence-electron chi connectivity index (χ1n) is 8.86. The molecule has 0 aliphatic rings. The number of carbonyl (C=O) groups is 2. The molecule has 0 bridgehead atoms. The number of hydrogen-bond donors (Lipinski definition) is 1. The third-order valence-corrected chi connectivity index (χ3v) is 4.50. The van der Waals surface area contributed by atoms with Gasteiger partial charge < -0.3 is 14.8 Å². The minimum Gasteiger partial charge on any atom is -0.493 e. The van der Waals surface area contributed by atoms with E-state index in [4.69, 9.17) is 9.47 Å². The fraction of sp³-hybridized carbons (Fsp3) is 0.190. The Kier molecular flexibility index (Phi) is 5.82. The summed E-state index contributed by atoms with van der Waals surface area (Å²) < 4.78 is 13.8. The van der Waals surface area contributed by atoms with Crippen LogP contribution in [0.4, 0.5) is 5.69 Å². The highest BCUT2D eigenvalue weighted by molar-refractivity contribution is 5.92. The molecule has 0 aliphatic heterocycles. The summed E-state index contributed by atoms with van der Waals surface area (Å²) in [6.07, 6.45) is 0.689. The number of nitrogens with one attached hydrogen (secondary N) is 1. The number of amides is 1. The van der Waals surface area contributed by atoms with E-state index in [1.54, 1.807) is 30.8 Å². The largest absolute Gasteiger partial charge is 0.493 e. The molecule has 0 radical (unpaired) electrons. The Labute approximate surface area is 167 Å². The zero-order valence-corrected chi connectivity index (χ0v) is 16.3. The van der Waals surface area contributed by atoms with E-state index in [1.165, 1.54) is 17.9 Å². The number of anilines is 1. The molecular formula is C21H21N3O5. The van der Waals surface area contributed by atoms with E-state index in [1.807, 2.05) is 30.3 Å². The van der Waals surface area contributed by atoms with Crippen LogP contribution in [0.1, 0.15) is 16.1 Å². The summed E-state index contributed by atoms with van der Waals surface area (Å²) in [7, 11) is 3.19. The maximum Gasteiger partial charge on any atom is 0.295 e. The predicted molar refractivity (Wildman–Crippen MR) is 108 cm³/mol. The van der Waals surface area contributed by atoms with E-state index in [-0.39, 0.29) is 17.9 Å². The van der Waals surface area contributed by atoms with Gasteiger partial charge in [0.2, 0.25) is 0 Å². The van der Waals surface area contributed by atoms with E-state index in [0.717, 1.165) is 0 Å². The van der Waals surface area contributed by atoms with Crippen molar-refractivity contribution in [1.82, 2.24) is 9.36 Å². The molecule has 8 heteroatoms. The maximum absolute atomic E-state index is 12.8. The number of nitrogens with zero attached hydrogens (tertiary/aromatic N) is 2. The lowest BCUT2D eigenvalue weighted by molar-refractivity contribution is -0.118. The number of hydrogen-bond acceptors (Lipinski definition) is 5. The van der Waals surface area contributed by atoms with Crippen LogP contribution >= 0.6 is 0 Å². The van der Waals surface area contributed by atoms with Crippen LogP contribution < -0.4 is 20.3 Å². The molecule has 0 unspecified atom stereocenters. The van der Waals surface area contributed by atoms with Gasteiger partial charge in [-0.3, -0.25) is 19.1 Å². The Hall–Kier alpha value is -3.81. The Morgan fingerprint density at radius 3 is 2.52 bits per heavy atom. The molecule has 1 amide bonds. The number of para-hydroxylation sites is 1. The van der Waals surface area contributed by atoms with Crippen molar-refractivity contribution in [2.24, 2.45) is 7.05 Å². The van der Waals surface area contributed by atoms with Crippen molar-refractivity contribution in [2.75, 3.05) is 19.0 Å². The van der Waals surface area contributed by atoms with Crippen molar-refractivity contribution in [3.05, 3.63) is 70.1 Å². The number of rotatable bonds is 7. The summed E-state index contributed by atoms with van der Waals surface area (Å²) in [6.45, 7) is 1.42. The second-order valence-corrected chi connectivity index (χ2v) is 6.30. The second kappa shape index (κ2) is 8.47. The maximum atomic E-state index is 12.8. The van der Waals surface area contributed by atoms with Crippen LogP contribution in [-0.4, -0.2) is 35.3 Å². The molecule has 150 valence electrons. The van der Waals surface area contributed by atoms with E-state index in [0.29, 0.717) is 34.7 Å². The molecule has 0 saturated heterocycles. The number of carbonyl (C=O) groups excluding carboxylic acids is 2. The average Bonchev–Trinajstić information content (AvgIpc) is 2.95. The molecule has 8 nitrogen and oxygen atoms in total. The van der Waals surface area contributed by atoms with Crippen molar-refractivity contribution >= 4 is 17.9 Å². The first kappa shape index (κ1) is 19.9. The third kappa shape index (κ3) is 4.06. The smallest absolute Gasteiger partial charge is 0.295 e. The molecule has 0 saturated carbocycles. The zero-order valence-electron chi connectivity index (χ0n) is 16.3. The highest BCUT2D eigenvalue weighted by Gasteiger charge is 2.18. The van der Waals surface area contributed by atoms with E-state index in [9.17, 15) is 14.4 Å². The fourth-order valence-electron chi connectivity index (χ4n) is 2.91. The van der Waals surface area contributed by atoms with Crippen molar-refractivity contribution in [1.29, 1.82) is 0 Å². The van der Waals surface area contributed by atoms with Gasteiger partial charge in [0.15, 0.2) is 18.1 Å². The van der Waals surface area contributed by atoms with Gasteiger partial charge in [-0.05, 0) is 37.3 Å². The number of benzene rings is 2. The van der Waals surface area contributed by atoms with Crippen molar-refractivity contribution in [3.8, 4) is 17.2 Å². The molecule has 1 heterocycles. The Morgan fingerprint density at radius 2 is 1.86 bits per heavy atom. The molecular weight excluding hydrogens is 374 g/mol. The van der Waals surface area contributed by atoms with Gasteiger partial charge in [0.1, 0.15) is 12.0 Å². The van der Waals surface area contributed by atoms with Gasteiger partial charge in [0, 0.05) is 12.6 Å². The molecule has 3 aromatic rings. The van der Waals surface area contributed by atoms with Crippen LogP contribution in [0, 0.1) is 6.92 Å². The highest BCUT2D eigenvalue weighted by atomic mass is 16.5. The van der Waals surface area contributed by atoms with Gasteiger partial charge in [-0.15, -0.1) is 0 Å². The lowest BCUT2D eigenvalue weighted by atomic mass is 10.2. The van der Waals surface area contributed by atoms with Gasteiger partial charge in [-0.1, -0.05) is 18.2 Å². The topological polar surface area (TPSA) is 91.6 Å². The van der Waals surface area contributed by atoms with Crippen LogP contribution in [-0.2, 0) is 11.8 Å².